The topological polar surface area (TPSA) is 38.1 Å². The van der Waals surface area contributed by atoms with Gasteiger partial charge in [-0.25, -0.2) is 4.98 Å². The zero-order valence-corrected chi connectivity index (χ0v) is 15.1. The van der Waals surface area contributed by atoms with Crippen LogP contribution in [-0.4, -0.2) is 39.2 Å². The maximum Gasteiger partial charge on any atom is 0.233 e. The number of aryl methyl sites for hydroxylation is 2. The molecule has 0 aliphatic carbocycles. The van der Waals surface area contributed by atoms with E-state index in [1.165, 1.54) is 28.5 Å². The molecule has 3 rings (SSSR count). The third kappa shape index (κ3) is 3.73. The van der Waals surface area contributed by atoms with Crippen LogP contribution in [0.2, 0.25) is 0 Å². The van der Waals surface area contributed by atoms with E-state index in [0.717, 1.165) is 36.8 Å². The number of likely N-dealkylation sites (tertiary alicyclic amines) is 1. The lowest BCUT2D eigenvalue weighted by Crippen LogP contribution is -2.37. The van der Waals surface area contributed by atoms with Crippen LogP contribution >= 0.6 is 11.8 Å². The molecule has 0 unspecified atom stereocenters. The van der Waals surface area contributed by atoms with Crippen LogP contribution in [0.3, 0.4) is 0 Å². The Morgan fingerprint density at radius 2 is 2.04 bits per heavy atom. The van der Waals surface area contributed by atoms with E-state index < -0.39 is 0 Å². The van der Waals surface area contributed by atoms with E-state index in [1.807, 2.05) is 11.1 Å². The molecule has 5 heteroatoms. The highest BCUT2D eigenvalue weighted by atomic mass is 32.2. The van der Waals surface area contributed by atoms with Gasteiger partial charge in [0.05, 0.1) is 11.4 Å². The molecule has 2 aromatic rings. The molecule has 1 saturated heterocycles. The summed E-state index contributed by atoms with van der Waals surface area (Å²) in [6.45, 7) is 9.77. The summed E-state index contributed by atoms with van der Waals surface area (Å²) in [7, 11) is 0. The number of amides is 1. The van der Waals surface area contributed by atoms with Crippen LogP contribution in [0.1, 0.15) is 24.0 Å². The van der Waals surface area contributed by atoms with E-state index >= 15 is 0 Å². The highest BCUT2D eigenvalue weighted by molar-refractivity contribution is 7.99. The highest BCUT2D eigenvalue weighted by Gasteiger charge is 2.19. The van der Waals surface area contributed by atoms with Crippen LogP contribution < -0.4 is 0 Å². The van der Waals surface area contributed by atoms with Crippen LogP contribution in [0.4, 0.5) is 0 Å². The Morgan fingerprint density at radius 1 is 1.29 bits per heavy atom. The van der Waals surface area contributed by atoms with Gasteiger partial charge in [-0.1, -0.05) is 36.0 Å². The van der Waals surface area contributed by atoms with Gasteiger partial charge in [0, 0.05) is 25.5 Å². The minimum atomic E-state index is 0.183. The van der Waals surface area contributed by atoms with Gasteiger partial charge in [-0.15, -0.1) is 0 Å². The molecule has 126 valence electrons. The Morgan fingerprint density at radius 3 is 2.79 bits per heavy atom. The monoisotopic (exact) mass is 341 g/mol. The fourth-order valence-corrected chi connectivity index (χ4v) is 3.72. The predicted octanol–water partition coefficient (Wildman–Crippen LogP) is 3.76. The second kappa shape index (κ2) is 7.26. The number of piperidine rings is 1. The maximum atomic E-state index is 12.4. The van der Waals surface area contributed by atoms with Crippen molar-refractivity contribution < 1.29 is 4.79 Å². The van der Waals surface area contributed by atoms with Crippen LogP contribution in [0.15, 0.2) is 47.9 Å². The summed E-state index contributed by atoms with van der Waals surface area (Å²) in [5.74, 6) is 0.608. The van der Waals surface area contributed by atoms with Gasteiger partial charge in [-0.05, 0) is 43.9 Å². The Labute approximate surface area is 147 Å². The second-order valence-corrected chi connectivity index (χ2v) is 7.23. The van der Waals surface area contributed by atoms with Crippen molar-refractivity contribution in [3.8, 4) is 5.69 Å². The molecule has 1 aliphatic rings. The van der Waals surface area contributed by atoms with E-state index in [0.29, 0.717) is 5.75 Å². The van der Waals surface area contributed by atoms with Crippen molar-refractivity contribution in [3.63, 3.8) is 0 Å². The molecule has 1 amide bonds. The van der Waals surface area contributed by atoms with E-state index in [2.05, 4.69) is 48.2 Å². The van der Waals surface area contributed by atoms with Crippen molar-refractivity contribution in [1.29, 1.82) is 0 Å². The van der Waals surface area contributed by atoms with Crippen LogP contribution in [0, 0.1) is 13.8 Å². The molecule has 0 atom stereocenters. The first-order valence-corrected chi connectivity index (χ1v) is 9.21. The Kier molecular flexibility index (Phi) is 5.09. The van der Waals surface area contributed by atoms with Crippen LogP contribution in [0.25, 0.3) is 5.69 Å². The lowest BCUT2D eigenvalue weighted by Gasteiger charge is -2.27. The van der Waals surface area contributed by atoms with Crippen molar-refractivity contribution in [1.82, 2.24) is 14.5 Å². The Hall–Kier alpha value is -2.01. The molecule has 1 aliphatic heterocycles. The molecule has 0 N–H and O–H groups in total. The van der Waals surface area contributed by atoms with E-state index in [9.17, 15) is 4.79 Å². The zero-order valence-electron chi connectivity index (χ0n) is 14.3. The SMILES string of the molecule is C=C1CCN(C(=O)CSc2nccn2-c2cc(C)ccc2C)CC1. The number of thioether (sulfide) groups is 1. The highest BCUT2D eigenvalue weighted by Crippen LogP contribution is 2.24. The molecule has 4 nitrogen and oxygen atoms in total. The van der Waals surface area contributed by atoms with Crippen LogP contribution in [-0.2, 0) is 4.79 Å². The normalized spacial score (nSPS) is 14.9. The third-order valence-electron chi connectivity index (χ3n) is 4.38. The average molecular weight is 341 g/mol. The zero-order chi connectivity index (χ0) is 17.1. The fourth-order valence-electron chi connectivity index (χ4n) is 2.85. The molecule has 0 spiro atoms. The molecular formula is C19H23N3OS. The molecule has 24 heavy (non-hydrogen) atoms. The van der Waals surface area contributed by atoms with Crippen molar-refractivity contribution in [2.24, 2.45) is 0 Å². The Bertz CT molecular complexity index is 756. The number of nitrogens with zero attached hydrogens (tertiary/aromatic N) is 3. The number of benzene rings is 1. The van der Waals surface area contributed by atoms with Crippen molar-refractivity contribution >= 4 is 17.7 Å². The van der Waals surface area contributed by atoms with Gasteiger partial charge in [0.1, 0.15) is 0 Å². The molecule has 1 aromatic carbocycles. The number of imidazole rings is 1. The number of hydrogen-bond donors (Lipinski definition) is 0. The lowest BCUT2D eigenvalue weighted by molar-refractivity contribution is -0.128. The largest absolute Gasteiger partial charge is 0.341 e. The molecule has 0 saturated carbocycles. The molecule has 2 heterocycles. The Balaban J connectivity index is 1.69. The summed E-state index contributed by atoms with van der Waals surface area (Å²) in [4.78, 5) is 18.8. The third-order valence-corrected chi connectivity index (χ3v) is 5.33. The summed E-state index contributed by atoms with van der Waals surface area (Å²) < 4.78 is 2.07. The number of hydrogen-bond acceptors (Lipinski definition) is 3. The summed E-state index contributed by atoms with van der Waals surface area (Å²) in [6.07, 6.45) is 5.60. The van der Waals surface area contributed by atoms with Crippen molar-refractivity contribution in [2.75, 3.05) is 18.8 Å². The van der Waals surface area contributed by atoms with Gasteiger partial charge in [0.15, 0.2) is 5.16 Å². The number of carbonyl (C=O) groups is 1. The lowest BCUT2D eigenvalue weighted by atomic mass is 10.1. The second-order valence-electron chi connectivity index (χ2n) is 6.29. The smallest absolute Gasteiger partial charge is 0.233 e. The summed E-state index contributed by atoms with van der Waals surface area (Å²) in [6, 6.07) is 6.38. The standard InChI is InChI=1S/C19H23N3OS/c1-14-6-9-21(10-7-14)18(23)13-24-19-20-8-11-22(19)17-12-15(2)4-5-16(17)3/h4-5,8,11-12H,1,6-7,9-10,13H2,2-3H3. The minimum Gasteiger partial charge on any atom is -0.341 e. The quantitative estimate of drug-likeness (QED) is 0.628. The minimum absolute atomic E-state index is 0.183. The average Bonchev–Trinajstić information content (AvgIpc) is 3.04. The van der Waals surface area contributed by atoms with Gasteiger partial charge in [-0.2, -0.15) is 0 Å². The van der Waals surface area contributed by atoms with Crippen molar-refractivity contribution in [3.05, 3.63) is 53.9 Å². The summed E-state index contributed by atoms with van der Waals surface area (Å²) in [5.41, 5.74) is 4.78. The van der Waals surface area contributed by atoms with Gasteiger partial charge in [0.25, 0.3) is 0 Å². The van der Waals surface area contributed by atoms with Crippen LogP contribution in [0.5, 0.6) is 0 Å². The molecule has 1 fully saturated rings. The fraction of sp³-hybridized carbons (Fsp3) is 0.368. The predicted molar refractivity (Wildman–Crippen MR) is 98.7 cm³/mol. The van der Waals surface area contributed by atoms with E-state index in [1.54, 1.807) is 6.20 Å². The van der Waals surface area contributed by atoms with Gasteiger partial charge in [-0.3, -0.25) is 9.36 Å². The first kappa shape index (κ1) is 16.8. The van der Waals surface area contributed by atoms with E-state index in [4.69, 9.17) is 0 Å². The summed E-state index contributed by atoms with van der Waals surface area (Å²) in [5, 5.41) is 0.860. The molecule has 1 aromatic heterocycles. The summed E-state index contributed by atoms with van der Waals surface area (Å²) >= 11 is 1.50. The first-order valence-electron chi connectivity index (χ1n) is 8.23. The molecule has 0 radical (unpaired) electrons. The van der Waals surface area contributed by atoms with Gasteiger partial charge < -0.3 is 4.90 Å². The van der Waals surface area contributed by atoms with E-state index in [-0.39, 0.29) is 5.91 Å². The van der Waals surface area contributed by atoms with Crippen molar-refractivity contribution in [2.45, 2.75) is 31.8 Å². The number of rotatable bonds is 4. The molecular weight excluding hydrogens is 318 g/mol. The first-order chi connectivity index (χ1) is 11.5. The number of aromatic nitrogens is 2. The van der Waals surface area contributed by atoms with Gasteiger partial charge in [0.2, 0.25) is 5.91 Å². The maximum absolute atomic E-state index is 12.4. The number of carbonyl (C=O) groups excluding carboxylic acids is 1. The molecule has 0 bridgehead atoms. The van der Waals surface area contributed by atoms with Gasteiger partial charge >= 0.3 is 0 Å².